The molecule has 1 fully saturated rings. The molecule has 24 heavy (non-hydrogen) atoms. The summed E-state index contributed by atoms with van der Waals surface area (Å²) in [5, 5.41) is 1.23. The van der Waals surface area contributed by atoms with Crippen molar-refractivity contribution < 1.29 is 19.1 Å². The van der Waals surface area contributed by atoms with Crippen LogP contribution in [0.1, 0.15) is 5.56 Å². The summed E-state index contributed by atoms with van der Waals surface area (Å²) in [6.45, 7) is 0. The van der Waals surface area contributed by atoms with Crippen LogP contribution in [0.3, 0.4) is 0 Å². The summed E-state index contributed by atoms with van der Waals surface area (Å²) in [6.07, 6.45) is 1.53. The second-order valence-corrected chi connectivity index (χ2v) is 5.09. The van der Waals surface area contributed by atoms with Crippen molar-refractivity contribution >= 4 is 23.6 Å². The standard InChI is InChI=1S/C18H16N2O4/c1-23-15-9-8-12(11-16(15)24-2)10-14-17(21)19-20(18(14)22)13-6-4-3-5-7-13/h3-11H,1-2H3,(H,19,21). The van der Waals surface area contributed by atoms with Gasteiger partial charge in [-0.3, -0.25) is 15.0 Å². The predicted molar refractivity (Wildman–Crippen MR) is 89.6 cm³/mol. The number of nitrogens with zero attached hydrogens (tertiary/aromatic N) is 1. The van der Waals surface area contributed by atoms with Gasteiger partial charge >= 0.3 is 0 Å². The van der Waals surface area contributed by atoms with Gasteiger partial charge in [-0.1, -0.05) is 24.3 Å². The van der Waals surface area contributed by atoms with Crippen molar-refractivity contribution in [3.05, 3.63) is 59.7 Å². The largest absolute Gasteiger partial charge is 0.493 e. The number of carbonyl (C=O) groups excluding carboxylic acids is 2. The number of anilines is 1. The number of ether oxygens (including phenoxy) is 2. The molecule has 1 heterocycles. The molecule has 2 aromatic carbocycles. The highest BCUT2D eigenvalue weighted by atomic mass is 16.5. The van der Waals surface area contributed by atoms with Gasteiger partial charge in [-0.05, 0) is 35.9 Å². The lowest BCUT2D eigenvalue weighted by atomic mass is 10.1. The molecular weight excluding hydrogens is 308 g/mol. The number of hydrazine groups is 1. The van der Waals surface area contributed by atoms with E-state index in [2.05, 4.69) is 5.43 Å². The second kappa shape index (κ2) is 6.45. The van der Waals surface area contributed by atoms with Crippen LogP contribution in [0.4, 0.5) is 5.69 Å². The molecule has 1 aliphatic rings. The Balaban J connectivity index is 1.93. The maximum absolute atomic E-state index is 12.5. The second-order valence-electron chi connectivity index (χ2n) is 5.09. The number of para-hydroxylation sites is 1. The first-order valence-electron chi connectivity index (χ1n) is 7.28. The highest BCUT2D eigenvalue weighted by molar-refractivity contribution is 6.31. The molecule has 6 nitrogen and oxygen atoms in total. The molecule has 0 aromatic heterocycles. The third-order valence-electron chi connectivity index (χ3n) is 3.62. The molecule has 0 radical (unpaired) electrons. The third-order valence-corrected chi connectivity index (χ3v) is 3.62. The van der Waals surface area contributed by atoms with Crippen LogP contribution in [-0.2, 0) is 9.59 Å². The van der Waals surface area contributed by atoms with Gasteiger partial charge in [0, 0.05) is 0 Å². The summed E-state index contributed by atoms with van der Waals surface area (Å²) in [6, 6.07) is 14.1. The van der Waals surface area contributed by atoms with E-state index in [0.717, 1.165) is 0 Å². The van der Waals surface area contributed by atoms with Crippen molar-refractivity contribution in [1.82, 2.24) is 5.43 Å². The van der Waals surface area contributed by atoms with Crippen molar-refractivity contribution in [1.29, 1.82) is 0 Å². The molecule has 1 N–H and O–H groups in total. The Kier molecular flexibility index (Phi) is 4.20. The molecule has 3 rings (SSSR count). The van der Waals surface area contributed by atoms with Crippen LogP contribution >= 0.6 is 0 Å². The lowest BCUT2D eigenvalue weighted by Gasteiger charge is -2.13. The Hall–Kier alpha value is -3.28. The first kappa shape index (κ1) is 15.6. The number of benzene rings is 2. The average molecular weight is 324 g/mol. The van der Waals surface area contributed by atoms with Gasteiger partial charge in [0.05, 0.1) is 19.9 Å². The molecule has 2 amide bonds. The minimum Gasteiger partial charge on any atom is -0.493 e. The minimum atomic E-state index is -0.446. The number of rotatable bonds is 4. The van der Waals surface area contributed by atoms with Crippen LogP contribution in [0.15, 0.2) is 54.1 Å². The molecule has 6 heteroatoms. The summed E-state index contributed by atoms with van der Waals surface area (Å²) in [7, 11) is 3.07. The van der Waals surface area contributed by atoms with E-state index in [1.165, 1.54) is 18.2 Å². The smallest absolute Gasteiger partial charge is 0.282 e. The fraction of sp³-hybridized carbons (Fsp3) is 0.111. The van der Waals surface area contributed by atoms with E-state index in [-0.39, 0.29) is 5.57 Å². The van der Waals surface area contributed by atoms with Gasteiger partial charge in [0.2, 0.25) is 0 Å². The van der Waals surface area contributed by atoms with Crippen LogP contribution in [0.5, 0.6) is 11.5 Å². The van der Waals surface area contributed by atoms with Crippen LogP contribution in [-0.4, -0.2) is 26.0 Å². The maximum atomic E-state index is 12.5. The van der Waals surface area contributed by atoms with Crippen molar-refractivity contribution in [3.63, 3.8) is 0 Å². The fourth-order valence-corrected chi connectivity index (χ4v) is 2.43. The number of hydrogen-bond donors (Lipinski definition) is 1. The van der Waals surface area contributed by atoms with Gasteiger partial charge in [0.15, 0.2) is 11.5 Å². The fourth-order valence-electron chi connectivity index (χ4n) is 2.43. The number of methoxy groups -OCH3 is 2. The minimum absolute atomic E-state index is 0.0612. The average Bonchev–Trinajstić information content (AvgIpc) is 2.90. The molecule has 0 bridgehead atoms. The highest BCUT2D eigenvalue weighted by Crippen LogP contribution is 2.29. The van der Waals surface area contributed by atoms with Crippen LogP contribution < -0.4 is 19.9 Å². The topological polar surface area (TPSA) is 67.9 Å². The van der Waals surface area contributed by atoms with E-state index in [4.69, 9.17) is 9.47 Å². The summed E-state index contributed by atoms with van der Waals surface area (Å²) < 4.78 is 10.4. The summed E-state index contributed by atoms with van der Waals surface area (Å²) in [4.78, 5) is 24.7. The number of nitrogens with one attached hydrogen (secondary N) is 1. The molecule has 0 atom stereocenters. The molecular formula is C18H16N2O4. The lowest BCUT2D eigenvalue weighted by molar-refractivity contribution is -0.117. The van der Waals surface area contributed by atoms with E-state index in [1.54, 1.807) is 49.6 Å². The predicted octanol–water partition coefficient (Wildman–Crippen LogP) is 2.17. The van der Waals surface area contributed by atoms with Crippen LogP contribution in [0.25, 0.3) is 6.08 Å². The summed E-state index contributed by atoms with van der Waals surface area (Å²) >= 11 is 0. The van der Waals surface area contributed by atoms with Crippen molar-refractivity contribution in [2.45, 2.75) is 0 Å². The zero-order chi connectivity index (χ0) is 17.1. The summed E-state index contributed by atoms with van der Waals surface area (Å²) in [5.41, 5.74) is 3.89. The van der Waals surface area contributed by atoms with E-state index in [1.807, 2.05) is 6.07 Å². The number of carbonyl (C=O) groups is 2. The van der Waals surface area contributed by atoms with Crippen LogP contribution in [0, 0.1) is 0 Å². The van der Waals surface area contributed by atoms with Gasteiger partial charge in [-0.15, -0.1) is 0 Å². The monoisotopic (exact) mass is 324 g/mol. The lowest BCUT2D eigenvalue weighted by Crippen LogP contribution is -2.35. The van der Waals surface area contributed by atoms with Crippen molar-refractivity contribution in [2.24, 2.45) is 0 Å². The van der Waals surface area contributed by atoms with Gasteiger partial charge < -0.3 is 9.47 Å². The zero-order valence-corrected chi connectivity index (χ0v) is 13.3. The molecule has 0 saturated carbocycles. The van der Waals surface area contributed by atoms with Crippen LogP contribution in [0.2, 0.25) is 0 Å². The van der Waals surface area contributed by atoms with E-state index in [0.29, 0.717) is 22.7 Å². The molecule has 1 saturated heterocycles. The Bertz CT molecular complexity index is 815. The third kappa shape index (κ3) is 2.81. The highest BCUT2D eigenvalue weighted by Gasteiger charge is 2.34. The number of amides is 2. The first-order chi connectivity index (χ1) is 11.6. The Morgan fingerprint density at radius 3 is 2.33 bits per heavy atom. The number of hydrogen-bond acceptors (Lipinski definition) is 4. The van der Waals surface area contributed by atoms with Gasteiger partial charge in [0.25, 0.3) is 11.8 Å². The van der Waals surface area contributed by atoms with E-state index >= 15 is 0 Å². The molecule has 0 aliphatic carbocycles. The van der Waals surface area contributed by atoms with E-state index in [9.17, 15) is 9.59 Å². The molecule has 122 valence electrons. The Morgan fingerprint density at radius 1 is 0.958 bits per heavy atom. The molecule has 2 aromatic rings. The normalized spacial score (nSPS) is 15.6. The quantitative estimate of drug-likeness (QED) is 0.691. The van der Waals surface area contributed by atoms with Crippen molar-refractivity contribution in [2.75, 3.05) is 19.2 Å². The van der Waals surface area contributed by atoms with E-state index < -0.39 is 11.8 Å². The molecule has 0 spiro atoms. The summed E-state index contributed by atoms with van der Waals surface area (Å²) in [5.74, 6) is 0.255. The Morgan fingerprint density at radius 2 is 1.67 bits per heavy atom. The molecule has 1 aliphatic heterocycles. The first-order valence-corrected chi connectivity index (χ1v) is 7.28. The van der Waals surface area contributed by atoms with Gasteiger partial charge in [-0.25, -0.2) is 5.01 Å². The Labute approximate surface area is 139 Å². The SMILES string of the molecule is COc1ccc(C=C2C(=O)NN(c3ccccc3)C2=O)cc1OC. The van der Waals surface area contributed by atoms with Gasteiger partial charge in [-0.2, -0.15) is 0 Å². The molecule has 0 unspecified atom stereocenters. The van der Waals surface area contributed by atoms with Crippen molar-refractivity contribution in [3.8, 4) is 11.5 Å². The maximum Gasteiger partial charge on any atom is 0.282 e. The van der Waals surface area contributed by atoms with Gasteiger partial charge in [0.1, 0.15) is 5.57 Å². The zero-order valence-electron chi connectivity index (χ0n) is 13.3.